The average molecular weight is 298 g/mol. The summed E-state index contributed by atoms with van der Waals surface area (Å²) in [4.78, 5) is 36.4. The van der Waals surface area contributed by atoms with Crippen LogP contribution in [0.5, 0.6) is 0 Å². The van der Waals surface area contributed by atoms with Crippen molar-refractivity contribution in [3.05, 3.63) is 0 Å². The lowest BCUT2D eigenvalue weighted by atomic mass is 9.96. The summed E-state index contributed by atoms with van der Waals surface area (Å²) in [5, 5.41) is 2.86. The molecule has 1 unspecified atom stereocenters. The van der Waals surface area contributed by atoms with Crippen LogP contribution in [0.15, 0.2) is 0 Å². The molecule has 0 bridgehead atoms. The van der Waals surface area contributed by atoms with Gasteiger partial charge in [-0.15, -0.1) is 0 Å². The van der Waals surface area contributed by atoms with E-state index in [1.807, 2.05) is 0 Å². The third-order valence-corrected chi connectivity index (χ3v) is 3.26. The molecule has 1 aliphatic rings. The lowest BCUT2D eigenvalue weighted by molar-refractivity contribution is -0.140. The van der Waals surface area contributed by atoms with E-state index in [0.717, 1.165) is 0 Å². The van der Waals surface area contributed by atoms with Crippen LogP contribution in [0.1, 0.15) is 46.5 Å². The van der Waals surface area contributed by atoms with Crippen LogP contribution in [0.4, 0.5) is 0 Å². The smallest absolute Gasteiger partial charge is 0.305 e. The van der Waals surface area contributed by atoms with Crippen molar-refractivity contribution in [2.45, 2.75) is 52.5 Å². The molecule has 0 aromatic carbocycles. The Morgan fingerprint density at radius 2 is 2.00 bits per heavy atom. The molecule has 6 nitrogen and oxygen atoms in total. The normalized spacial score (nSPS) is 18.8. The van der Waals surface area contributed by atoms with E-state index >= 15 is 0 Å². The summed E-state index contributed by atoms with van der Waals surface area (Å²) < 4.78 is 4.52. The van der Waals surface area contributed by atoms with E-state index in [1.54, 1.807) is 4.90 Å². The fourth-order valence-corrected chi connectivity index (χ4v) is 2.39. The monoisotopic (exact) mass is 298 g/mol. The van der Waals surface area contributed by atoms with Crippen LogP contribution in [0.3, 0.4) is 0 Å². The van der Waals surface area contributed by atoms with Crippen LogP contribution in [0.25, 0.3) is 0 Å². The summed E-state index contributed by atoms with van der Waals surface area (Å²) in [5.74, 6) is -0.339. The van der Waals surface area contributed by atoms with Gasteiger partial charge < -0.3 is 15.0 Å². The minimum absolute atomic E-state index is 0.0507. The number of hydrogen-bond acceptors (Lipinski definition) is 4. The van der Waals surface area contributed by atoms with Crippen molar-refractivity contribution in [2.24, 2.45) is 5.41 Å². The van der Waals surface area contributed by atoms with E-state index in [1.165, 1.54) is 7.11 Å². The van der Waals surface area contributed by atoms with Crippen LogP contribution in [-0.2, 0) is 19.1 Å². The number of carbonyl (C=O) groups excluding carboxylic acids is 3. The summed E-state index contributed by atoms with van der Waals surface area (Å²) in [6.07, 6.45) is 1.34. The van der Waals surface area contributed by atoms with Crippen molar-refractivity contribution in [3.63, 3.8) is 0 Å². The molecule has 120 valence electrons. The Hall–Kier alpha value is -1.59. The van der Waals surface area contributed by atoms with E-state index < -0.39 is 0 Å². The van der Waals surface area contributed by atoms with Gasteiger partial charge in [-0.2, -0.15) is 0 Å². The molecule has 0 aromatic heterocycles. The molecule has 1 saturated heterocycles. The van der Waals surface area contributed by atoms with E-state index in [0.29, 0.717) is 25.9 Å². The quantitative estimate of drug-likeness (QED) is 0.745. The fourth-order valence-electron chi connectivity index (χ4n) is 2.39. The number of nitrogens with one attached hydrogen (secondary N) is 1. The van der Waals surface area contributed by atoms with E-state index in [2.05, 4.69) is 30.8 Å². The summed E-state index contributed by atoms with van der Waals surface area (Å²) in [6.45, 7) is 7.51. The maximum absolute atomic E-state index is 11.9. The molecule has 0 radical (unpaired) electrons. The molecule has 0 aliphatic carbocycles. The first kappa shape index (κ1) is 17.5. The zero-order chi connectivity index (χ0) is 16.0. The van der Waals surface area contributed by atoms with Gasteiger partial charge in [0, 0.05) is 32.4 Å². The highest BCUT2D eigenvalue weighted by Gasteiger charge is 2.32. The Morgan fingerprint density at radius 1 is 1.33 bits per heavy atom. The number of carbonyl (C=O) groups is 3. The number of rotatable bonds is 6. The van der Waals surface area contributed by atoms with Gasteiger partial charge in [0.05, 0.1) is 13.2 Å². The third-order valence-electron chi connectivity index (χ3n) is 3.26. The van der Waals surface area contributed by atoms with Crippen LogP contribution in [0, 0.1) is 5.41 Å². The van der Waals surface area contributed by atoms with Gasteiger partial charge >= 0.3 is 5.97 Å². The minimum atomic E-state index is -0.310. The number of amides is 2. The predicted octanol–water partition coefficient (Wildman–Crippen LogP) is 1.09. The molecule has 1 heterocycles. The van der Waals surface area contributed by atoms with Crippen molar-refractivity contribution in [2.75, 3.05) is 20.2 Å². The largest absolute Gasteiger partial charge is 0.469 e. The summed E-state index contributed by atoms with van der Waals surface area (Å²) in [7, 11) is 1.33. The number of ether oxygens (including phenoxy) is 1. The number of esters is 1. The number of methoxy groups -OCH3 is 1. The fraction of sp³-hybridized carbons (Fsp3) is 0.800. The van der Waals surface area contributed by atoms with Crippen molar-refractivity contribution in [3.8, 4) is 0 Å². The molecule has 0 spiro atoms. The first-order chi connectivity index (χ1) is 9.71. The Bertz CT molecular complexity index is 401. The summed E-state index contributed by atoms with van der Waals surface area (Å²) >= 11 is 0. The molecule has 2 amide bonds. The average Bonchev–Trinajstić information content (AvgIpc) is 2.66. The molecule has 1 atom stereocenters. The SMILES string of the molecule is COC(=O)CCCC(=O)NC1CC(=O)N(CC(C)(C)C)C1. The Balaban J connectivity index is 2.31. The van der Waals surface area contributed by atoms with Gasteiger partial charge in [-0.3, -0.25) is 14.4 Å². The van der Waals surface area contributed by atoms with E-state index in [-0.39, 0.29) is 42.1 Å². The van der Waals surface area contributed by atoms with Crippen molar-refractivity contribution < 1.29 is 19.1 Å². The van der Waals surface area contributed by atoms with Crippen molar-refractivity contribution >= 4 is 17.8 Å². The molecular weight excluding hydrogens is 272 g/mol. The highest BCUT2D eigenvalue weighted by molar-refractivity contribution is 5.82. The maximum atomic E-state index is 11.9. The topological polar surface area (TPSA) is 75.7 Å². The van der Waals surface area contributed by atoms with Crippen LogP contribution >= 0.6 is 0 Å². The standard InChI is InChI=1S/C15H26N2O4/c1-15(2,3)10-17-9-11(8-13(17)19)16-12(18)6-5-7-14(20)21-4/h11H,5-10H2,1-4H3,(H,16,18). The highest BCUT2D eigenvalue weighted by Crippen LogP contribution is 2.20. The van der Waals surface area contributed by atoms with Gasteiger partial charge in [-0.05, 0) is 11.8 Å². The molecule has 6 heteroatoms. The number of hydrogen-bond donors (Lipinski definition) is 1. The van der Waals surface area contributed by atoms with Gasteiger partial charge in [-0.25, -0.2) is 0 Å². The van der Waals surface area contributed by atoms with Crippen LogP contribution in [0.2, 0.25) is 0 Å². The number of likely N-dealkylation sites (tertiary alicyclic amines) is 1. The molecule has 1 rings (SSSR count). The first-order valence-corrected chi connectivity index (χ1v) is 7.35. The van der Waals surface area contributed by atoms with Crippen molar-refractivity contribution in [1.82, 2.24) is 10.2 Å². The number of nitrogens with zero attached hydrogens (tertiary/aromatic N) is 1. The maximum Gasteiger partial charge on any atom is 0.305 e. The second-order valence-electron chi connectivity index (χ2n) is 6.73. The van der Waals surface area contributed by atoms with Crippen LogP contribution < -0.4 is 5.32 Å². The Morgan fingerprint density at radius 3 is 2.57 bits per heavy atom. The van der Waals surface area contributed by atoms with Gasteiger partial charge in [0.1, 0.15) is 0 Å². The Kier molecular flexibility index (Phi) is 6.18. The van der Waals surface area contributed by atoms with Gasteiger partial charge in [-0.1, -0.05) is 20.8 Å². The molecule has 1 fully saturated rings. The Labute approximate surface area is 126 Å². The highest BCUT2D eigenvalue weighted by atomic mass is 16.5. The second kappa shape index (κ2) is 7.43. The van der Waals surface area contributed by atoms with Crippen LogP contribution in [-0.4, -0.2) is 48.9 Å². The summed E-state index contributed by atoms with van der Waals surface area (Å²) in [5.41, 5.74) is 0.0507. The molecule has 0 saturated carbocycles. The van der Waals surface area contributed by atoms with Gasteiger partial charge in [0.2, 0.25) is 11.8 Å². The molecule has 21 heavy (non-hydrogen) atoms. The van der Waals surface area contributed by atoms with Gasteiger partial charge in [0.25, 0.3) is 0 Å². The second-order valence-corrected chi connectivity index (χ2v) is 6.73. The zero-order valence-electron chi connectivity index (χ0n) is 13.4. The van der Waals surface area contributed by atoms with E-state index in [4.69, 9.17) is 0 Å². The third kappa shape index (κ3) is 6.60. The lowest BCUT2D eigenvalue weighted by Crippen LogP contribution is -2.39. The summed E-state index contributed by atoms with van der Waals surface area (Å²) in [6, 6.07) is -0.120. The van der Waals surface area contributed by atoms with Crippen molar-refractivity contribution in [1.29, 1.82) is 0 Å². The van der Waals surface area contributed by atoms with Gasteiger partial charge in [0.15, 0.2) is 0 Å². The zero-order valence-corrected chi connectivity index (χ0v) is 13.4. The molecule has 0 aromatic rings. The minimum Gasteiger partial charge on any atom is -0.469 e. The molecule has 1 N–H and O–H groups in total. The lowest BCUT2D eigenvalue weighted by Gasteiger charge is -2.26. The molecular formula is C15H26N2O4. The first-order valence-electron chi connectivity index (χ1n) is 7.35. The van der Waals surface area contributed by atoms with E-state index in [9.17, 15) is 14.4 Å². The predicted molar refractivity (Wildman–Crippen MR) is 78.4 cm³/mol. The molecule has 1 aliphatic heterocycles.